The van der Waals surface area contributed by atoms with E-state index in [-0.39, 0.29) is 5.91 Å². The molecular weight excluding hydrogens is 425 g/mol. The van der Waals surface area contributed by atoms with E-state index >= 15 is 0 Å². The average Bonchev–Trinajstić information content (AvgIpc) is 2.39. The van der Waals surface area contributed by atoms with Gasteiger partial charge in [-0.3, -0.25) is 4.79 Å². The molecule has 0 atom stereocenters. The highest BCUT2D eigenvalue weighted by Crippen LogP contribution is 2.18. The van der Waals surface area contributed by atoms with Gasteiger partial charge in [0, 0.05) is 21.3 Å². The van der Waals surface area contributed by atoms with E-state index in [4.69, 9.17) is 9.47 Å². The van der Waals surface area contributed by atoms with Crippen LogP contribution in [0.2, 0.25) is 0 Å². The summed E-state index contributed by atoms with van der Waals surface area (Å²) in [6, 6.07) is 5.59. The molecule has 6 heteroatoms. The molecule has 0 saturated carbocycles. The van der Waals surface area contributed by atoms with E-state index in [2.05, 4.69) is 43.8 Å². The van der Waals surface area contributed by atoms with Crippen molar-refractivity contribution in [3.8, 4) is 0 Å². The predicted molar refractivity (Wildman–Crippen MR) is 86.2 cm³/mol. The zero-order valence-corrected chi connectivity index (χ0v) is 14.7. The summed E-state index contributed by atoms with van der Waals surface area (Å²) >= 11 is 5.50. The zero-order chi connectivity index (χ0) is 14.3. The van der Waals surface area contributed by atoms with E-state index in [0.29, 0.717) is 25.3 Å². The summed E-state index contributed by atoms with van der Waals surface area (Å²) in [6.07, 6.45) is -0.399. The number of nitrogens with one attached hydrogen (secondary N) is 1. The predicted octanol–water partition coefficient (Wildman–Crippen LogP) is 3.18. The van der Waals surface area contributed by atoms with Crippen LogP contribution in [0.15, 0.2) is 22.7 Å². The van der Waals surface area contributed by atoms with E-state index in [1.807, 2.05) is 26.0 Å². The molecule has 0 aliphatic carbocycles. The molecule has 19 heavy (non-hydrogen) atoms. The molecule has 1 aromatic rings. The van der Waals surface area contributed by atoms with Gasteiger partial charge in [-0.15, -0.1) is 0 Å². The summed E-state index contributed by atoms with van der Waals surface area (Å²) in [6.45, 7) is 5.23. The van der Waals surface area contributed by atoms with E-state index in [1.54, 1.807) is 6.07 Å². The Kier molecular flexibility index (Phi) is 7.89. The second-order valence-electron chi connectivity index (χ2n) is 3.67. The molecule has 0 unspecified atom stereocenters. The van der Waals surface area contributed by atoms with Crippen molar-refractivity contribution in [3.63, 3.8) is 0 Å². The molecule has 1 amide bonds. The Bertz CT molecular complexity index is 422. The highest BCUT2D eigenvalue weighted by molar-refractivity contribution is 14.1. The van der Waals surface area contributed by atoms with Gasteiger partial charge in [0.25, 0.3) is 5.91 Å². The summed E-state index contributed by atoms with van der Waals surface area (Å²) in [5.74, 6) is -0.130. The average molecular weight is 442 g/mol. The summed E-state index contributed by atoms with van der Waals surface area (Å²) in [5.41, 5.74) is 0.640. The number of hydrogen-bond donors (Lipinski definition) is 1. The van der Waals surface area contributed by atoms with Gasteiger partial charge >= 0.3 is 0 Å². The lowest BCUT2D eigenvalue weighted by molar-refractivity contribution is -0.131. The molecule has 0 heterocycles. The van der Waals surface area contributed by atoms with Gasteiger partial charge in [-0.05, 0) is 54.6 Å². The quantitative estimate of drug-likeness (QED) is 0.522. The fourth-order valence-corrected chi connectivity index (χ4v) is 2.42. The van der Waals surface area contributed by atoms with Crippen LogP contribution in [0.1, 0.15) is 24.2 Å². The standard InChI is InChI=1S/C13H17BrINO3/c1-3-18-12(19-4-2)8-16-13(17)10-7-9(14)5-6-11(10)15/h5-7,12H,3-4,8H2,1-2H3,(H,16,17). The van der Waals surface area contributed by atoms with Gasteiger partial charge in [-0.1, -0.05) is 15.9 Å². The lowest BCUT2D eigenvalue weighted by Gasteiger charge is -2.17. The first-order valence-electron chi connectivity index (χ1n) is 6.04. The lowest BCUT2D eigenvalue weighted by Crippen LogP contribution is -2.35. The Morgan fingerprint density at radius 1 is 1.37 bits per heavy atom. The Morgan fingerprint density at radius 3 is 2.58 bits per heavy atom. The molecule has 1 aromatic carbocycles. The Balaban J connectivity index is 2.61. The van der Waals surface area contributed by atoms with Crippen LogP contribution in [0.4, 0.5) is 0 Å². The van der Waals surface area contributed by atoms with Crippen LogP contribution in [-0.2, 0) is 9.47 Å². The summed E-state index contributed by atoms with van der Waals surface area (Å²) < 4.78 is 12.5. The SMILES string of the molecule is CCOC(CNC(=O)c1cc(Br)ccc1I)OCC. The first-order valence-corrected chi connectivity index (χ1v) is 7.92. The number of carbonyl (C=O) groups excluding carboxylic acids is 1. The summed E-state index contributed by atoms with van der Waals surface area (Å²) in [4.78, 5) is 12.1. The molecule has 0 bridgehead atoms. The molecular formula is C13H17BrINO3. The van der Waals surface area contributed by atoms with E-state index in [0.717, 1.165) is 8.04 Å². The second kappa shape index (κ2) is 8.89. The van der Waals surface area contributed by atoms with Crippen LogP contribution in [0.25, 0.3) is 0 Å². The molecule has 0 aliphatic heterocycles. The molecule has 0 aromatic heterocycles. The highest BCUT2D eigenvalue weighted by atomic mass is 127. The van der Waals surface area contributed by atoms with Crippen molar-refractivity contribution in [2.75, 3.05) is 19.8 Å². The Morgan fingerprint density at radius 2 is 2.00 bits per heavy atom. The second-order valence-corrected chi connectivity index (χ2v) is 5.75. The number of carbonyl (C=O) groups is 1. The van der Waals surface area contributed by atoms with Crippen LogP contribution < -0.4 is 5.32 Å². The minimum atomic E-state index is -0.399. The van der Waals surface area contributed by atoms with Crippen molar-refractivity contribution in [1.29, 1.82) is 0 Å². The smallest absolute Gasteiger partial charge is 0.252 e. The normalized spacial score (nSPS) is 10.8. The molecule has 106 valence electrons. The third kappa shape index (κ3) is 5.76. The van der Waals surface area contributed by atoms with Crippen LogP contribution in [0.3, 0.4) is 0 Å². The van der Waals surface area contributed by atoms with Gasteiger partial charge in [0.2, 0.25) is 0 Å². The number of halogens is 2. The van der Waals surface area contributed by atoms with Crippen LogP contribution in [-0.4, -0.2) is 32.0 Å². The van der Waals surface area contributed by atoms with E-state index in [9.17, 15) is 4.79 Å². The maximum Gasteiger partial charge on any atom is 0.252 e. The Labute approximate surface area is 135 Å². The van der Waals surface area contributed by atoms with Crippen LogP contribution >= 0.6 is 38.5 Å². The van der Waals surface area contributed by atoms with Gasteiger partial charge in [-0.2, -0.15) is 0 Å². The monoisotopic (exact) mass is 441 g/mol. The topological polar surface area (TPSA) is 47.6 Å². The first-order chi connectivity index (χ1) is 9.08. The minimum Gasteiger partial charge on any atom is -0.351 e. The number of hydrogen-bond acceptors (Lipinski definition) is 3. The number of ether oxygens (including phenoxy) is 2. The van der Waals surface area contributed by atoms with Crippen LogP contribution in [0.5, 0.6) is 0 Å². The van der Waals surface area contributed by atoms with Crippen molar-refractivity contribution in [1.82, 2.24) is 5.32 Å². The van der Waals surface area contributed by atoms with Gasteiger partial charge in [-0.25, -0.2) is 0 Å². The van der Waals surface area contributed by atoms with Crippen LogP contribution in [0, 0.1) is 3.57 Å². The van der Waals surface area contributed by atoms with E-state index < -0.39 is 6.29 Å². The number of rotatable bonds is 7. The van der Waals surface area contributed by atoms with Crippen molar-refractivity contribution >= 4 is 44.4 Å². The third-order valence-corrected chi connectivity index (χ3v) is 3.74. The maximum atomic E-state index is 12.1. The van der Waals surface area contributed by atoms with Gasteiger partial charge in [0.1, 0.15) is 0 Å². The van der Waals surface area contributed by atoms with E-state index in [1.165, 1.54) is 0 Å². The fraction of sp³-hybridized carbons (Fsp3) is 0.462. The first kappa shape index (κ1) is 16.9. The molecule has 0 saturated heterocycles. The fourth-order valence-electron chi connectivity index (χ4n) is 1.48. The molecule has 0 fully saturated rings. The minimum absolute atomic E-state index is 0.130. The van der Waals surface area contributed by atoms with Gasteiger partial charge in [0.15, 0.2) is 6.29 Å². The number of amides is 1. The Hall–Kier alpha value is -0.180. The molecule has 1 N–H and O–H groups in total. The van der Waals surface area contributed by atoms with Crippen molar-refractivity contribution in [2.24, 2.45) is 0 Å². The largest absolute Gasteiger partial charge is 0.351 e. The molecule has 1 rings (SSSR count). The maximum absolute atomic E-state index is 12.1. The molecule has 0 spiro atoms. The number of benzene rings is 1. The summed E-state index contributed by atoms with van der Waals surface area (Å²) in [5, 5.41) is 2.82. The van der Waals surface area contributed by atoms with Gasteiger partial charge in [0.05, 0.1) is 12.1 Å². The van der Waals surface area contributed by atoms with Crippen molar-refractivity contribution in [3.05, 3.63) is 31.8 Å². The van der Waals surface area contributed by atoms with Crippen molar-refractivity contribution < 1.29 is 14.3 Å². The highest BCUT2D eigenvalue weighted by Gasteiger charge is 2.13. The summed E-state index contributed by atoms with van der Waals surface area (Å²) in [7, 11) is 0. The van der Waals surface area contributed by atoms with Gasteiger partial charge < -0.3 is 14.8 Å². The zero-order valence-electron chi connectivity index (χ0n) is 10.9. The lowest BCUT2D eigenvalue weighted by atomic mass is 10.2. The third-order valence-electron chi connectivity index (χ3n) is 2.31. The van der Waals surface area contributed by atoms with Crippen molar-refractivity contribution in [2.45, 2.75) is 20.1 Å². The molecule has 0 radical (unpaired) electrons. The molecule has 0 aliphatic rings. The molecule has 4 nitrogen and oxygen atoms in total.